The lowest BCUT2D eigenvalue weighted by atomic mass is 9.86. The molecule has 20 heavy (non-hydrogen) atoms. The van der Waals surface area contributed by atoms with Crippen molar-refractivity contribution < 1.29 is 4.79 Å². The average molecular weight is 315 g/mol. The normalized spacial score (nSPS) is 16.8. The van der Waals surface area contributed by atoms with Crippen molar-refractivity contribution in [3.8, 4) is 0 Å². The van der Waals surface area contributed by atoms with Gasteiger partial charge in [-0.3, -0.25) is 4.79 Å². The Morgan fingerprint density at radius 1 is 1.30 bits per heavy atom. The number of piperidine rings is 1. The van der Waals surface area contributed by atoms with Gasteiger partial charge in [0.1, 0.15) is 0 Å². The molecule has 0 radical (unpaired) electrons. The third kappa shape index (κ3) is 3.21. The minimum atomic E-state index is -0.0774. The molecule has 2 rings (SSSR count). The molecule has 1 amide bonds. The SMILES string of the molecule is CC(C)C1CCN(C(=O)c2cc(N)cc(Cl)c2Cl)CC1. The van der Waals surface area contributed by atoms with Gasteiger partial charge in [0.2, 0.25) is 0 Å². The molecule has 1 fully saturated rings. The van der Waals surface area contributed by atoms with Crippen molar-refractivity contribution >= 4 is 34.8 Å². The van der Waals surface area contributed by atoms with Crippen LogP contribution in [0.1, 0.15) is 37.0 Å². The van der Waals surface area contributed by atoms with Crippen molar-refractivity contribution in [1.29, 1.82) is 0 Å². The van der Waals surface area contributed by atoms with Crippen LogP contribution in [0.5, 0.6) is 0 Å². The Morgan fingerprint density at radius 2 is 1.90 bits per heavy atom. The summed E-state index contributed by atoms with van der Waals surface area (Å²) in [5, 5.41) is 0.615. The number of anilines is 1. The number of carbonyl (C=O) groups excluding carboxylic acids is 1. The van der Waals surface area contributed by atoms with E-state index < -0.39 is 0 Å². The van der Waals surface area contributed by atoms with Gasteiger partial charge in [-0.1, -0.05) is 37.0 Å². The summed E-state index contributed by atoms with van der Waals surface area (Å²) in [5.74, 6) is 1.28. The zero-order chi connectivity index (χ0) is 14.9. The first-order chi connectivity index (χ1) is 9.40. The topological polar surface area (TPSA) is 46.3 Å². The summed E-state index contributed by atoms with van der Waals surface area (Å²) in [7, 11) is 0. The highest BCUT2D eigenvalue weighted by atomic mass is 35.5. The summed E-state index contributed by atoms with van der Waals surface area (Å²) in [5.41, 5.74) is 6.60. The summed E-state index contributed by atoms with van der Waals surface area (Å²) in [6.45, 7) is 6.00. The van der Waals surface area contributed by atoms with Gasteiger partial charge in [0, 0.05) is 18.8 Å². The Hall–Kier alpha value is -0.930. The van der Waals surface area contributed by atoms with Gasteiger partial charge >= 0.3 is 0 Å². The minimum Gasteiger partial charge on any atom is -0.399 e. The second-order valence-corrected chi connectivity index (χ2v) is 6.52. The van der Waals surface area contributed by atoms with Crippen LogP contribution in [0.2, 0.25) is 10.0 Å². The van der Waals surface area contributed by atoms with Gasteiger partial charge in [-0.05, 0) is 36.8 Å². The first-order valence-electron chi connectivity index (χ1n) is 6.94. The van der Waals surface area contributed by atoms with Crippen LogP contribution in [-0.2, 0) is 0 Å². The molecule has 1 aromatic carbocycles. The van der Waals surface area contributed by atoms with Crippen LogP contribution >= 0.6 is 23.2 Å². The molecule has 2 N–H and O–H groups in total. The number of amides is 1. The van der Waals surface area contributed by atoms with Gasteiger partial charge in [-0.2, -0.15) is 0 Å². The molecule has 3 nitrogen and oxygen atoms in total. The number of hydrogen-bond acceptors (Lipinski definition) is 2. The Balaban J connectivity index is 2.13. The molecule has 1 heterocycles. The standard InChI is InChI=1S/C15H20Cl2N2O/c1-9(2)10-3-5-19(6-4-10)15(20)12-7-11(18)8-13(16)14(12)17/h7-10H,3-6,18H2,1-2H3. The molecular formula is C15H20Cl2N2O. The van der Waals surface area contributed by atoms with E-state index in [0.717, 1.165) is 25.9 Å². The Bertz CT molecular complexity index is 509. The second-order valence-electron chi connectivity index (χ2n) is 5.74. The molecule has 1 aliphatic rings. The number of rotatable bonds is 2. The summed E-state index contributed by atoms with van der Waals surface area (Å²) >= 11 is 12.1. The van der Waals surface area contributed by atoms with Crippen LogP contribution in [0.15, 0.2) is 12.1 Å². The average Bonchev–Trinajstić information content (AvgIpc) is 2.42. The minimum absolute atomic E-state index is 0.0774. The van der Waals surface area contributed by atoms with Gasteiger partial charge in [0.25, 0.3) is 5.91 Å². The second kappa shape index (κ2) is 6.23. The number of benzene rings is 1. The first-order valence-corrected chi connectivity index (χ1v) is 7.69. The molecule has 5 heteroatoms. The van der Waals surface area contributed by atoms with E-state index in [1.807, 2.05) is 4.90 Å². The predicted molar refractivity (Wildman–Crippen MR) is 84.3 cm³/mol. The number of nitrogen functional groups attached to an aromatic ring is 1. The van der Waals surface area contributed by atoms with E-state index in [9.17, 15) is 4.79 Å². The lowest BCUT2D eigenvalue weighted by Crippen LogP contribution is -2.39. The van der Waals surface area contributed by atoms with E-state index in [1.54, 1.807) is 12.1 Å². The van der Waals surface area contributed by atoms with Gasteiger partial charge in [-0.15, -0.1) is 0 Å². The van der Waals surface area contributed by atoms with Gasteiger partial charge in [0.15, 0.2) is 0 Å². The zero-order valence-corrected chi connectivity index (χ0v) is 13.3. The highest BCUT2D eigenvalue weighted by molar-refractivity contribution is 6.44. The molecule has 0 aliphatic carbocycles. The summed E-state index contributed by atoms with van der Waals surface area (Å²) in [6, 6.07) is 3.16. The summed E-state index contributed by atoms with van der Waals surface area (Å²) < 4.78 is 0. The monoisotopic (exact) mass is 314 g/mol. The van der Waals surface area contributed by atoms with E-state index in [4.69, 9.17) is 28.9 Å². The maximum Gasteiger partial charge on any atom is 0.255 e. The zero-order valence-electron chi connectivity index (χ0n) is 11.8. The lowest BCUT2D eigenvalue weighted by molar-refractivity contribution is 0.0668. The van der Waals surface area contributed by atoms with E-state index in [0.29, 0.717) is 28.1 Å². The quantitative estimate of drug-likeness (QED) is 0.836. The smallest absolute Gasteiger partial charge is 0.255 e. The fourth-order valence-electron chi connectivity index (χ4n) is 2.71. The lowest BCUT2D eigenvalue weighted by Gasteiger charge is -2.34. The molecular weight excluding hydrogens is 295 g/mol. The number of nitrogens with zero attached hydrogens (tertiary/aromatic N) is 1. The van der Waals surface area contributed by atoms with Crippen molar-refractivity contribution in [2.75, 3.05) is 18.8 Å². The molecule has 0 spiro atoms. The molecule has 0 saturated carbocycles. The van der Waals surface area contributed by atoms with E-state index in [-0.39, 0.29) is 10.9 Å². The van der Waals surface area contributed by atoms with Crippen LogP contribution < -0.4 is 5.73 Å². The van der Waals surface area contributed by atoms with Gasteiger partial charge in [-0.25, -0.2) is 0 Å². The summed E-state index contributed by atoms with van der Waals surface area (Å²) in [4.78, 5) is 14.4. The first kappa shape index (κ1) is 15.5. The molecule has 0 atom stereocenters. The maximum absolute atomic E-state index is 12.5. The number of nitrogens with two attached hydrogens (primary N) is 1. The Kier molecular flexibility index (Phi) is 4.82. The van der Waals surface area contributed by atoms with Crippen LogP contribution in [0, 0.1) is 11.8 Å². The molecule has 1 saturated heterocycles. The van der Waals surface area contributed by atoms with Crippen LogP contribution in [0.4, 0.5) is 5.69 Å². The highest BCUT2D eigenvalue weighted by Crippen LogP contribution is 2.31. The van der Waals surface area contributed by atoms with Crippen molar-refractivity contribution in [2.45, 2.75) is 26.7 Å². The molecule has 1 aliphatic heterocycles. The third-order valence-electron chi connectivity index (χ3n) is 4.05. The Morgan fingerprint density at radius 3 is 2.45 bits per heavy atom. The number of hydrogen-bond donors (Lipinski definition) is 1. The van der Waals surface area contributed by atoms with Crippen LogP contribution in [0.3, 0.4) is 0 Å². The van der Waals surface area contributed by atoms with Crippen LogP contribution in [-0.4, -0.2) is 23.9 Å². The fourth-order valence-corrected chi connectivity index (χ4v) is 3.12. The largest absolute Gasteiger partial charge is 0.399 e. The molecule has 0 unspecified atom stereocenters. The van der Waals surface area contributed by atoms with E-state index in [1.165, 1.54) is 0 Å². The van der Waals surface area contributed by atoms with Crippen LogP contribution in [0.25, 0.3) is 0 Å². The predicted octanol–water partition coefficient (Wildman–Crippen LogP) is 4.08. The fraction of sp³-hybridized carbons (Fsp3) is 0.533. The molecule has 110 valence electrons. The van der Waals surface area contributed by atoms with E-state index >= 15 is 0 Å². The van der Waals surface area contributed by atoms with Crippen molar-refractivity contribution in [3.05, 3.63) is 27.7 Å². The highest BCUT2D eigenvalue weighted by Gasteiger charge is 2.26. The Labute approximate surface area is 130 Å². The van der Waals surface area contributed by atoms with Gasteiger partial charge in [0.05, 0.1) is 15.6 Å². The molecule has 1 aromatic rings. The van der Waals surface area contributed by atoms with Crippen molar-refractivity contribution in [1.82, 2.24) is 4.90 Å². The third-order valence-corrected chi connectivity index (χ3v) is 4.85. The maximum atomic E-state index is 12.5. The van der Waals surface area contributed by atoms with E-state index in [2.05, 4.69) is 13.8 Å². The number of halogens is 2. The van der Waals surface area contributed by atoms with Crippen molar-refractivity contribution in [3.63, 3.8) is 0 Å². The number of likely N-dealkylation sites (tertiary alicyclic amines) is 1. The number of carbonyl (C=O) groups is 1. The molecule has 0 bridgehead atoms. The van der Waals surface area contributed by atoms with Gasteiger partial charge < -0.3 is 10.6 Å². The molecule has 0 aromatic heterocycles. The van der Waals surface area contributed by atoms with Crippen molar-refractivity contribution in [2.24, 2.45) is 11.8 Å². The summed E-state index contributed by atoms with van der Waals surface area (Å²) in [6.07, 6.45) is 2.08.